The molecule has 0 aliphatic heterocycles. The number of nitrogens with zero attached hydrogens (tertiary/aromatic N) is 2. The summed E-state index contributed by atoms with van der Waals surface area (Å²) in [5, 5.41) is 8.51. The van der Waals surface area contributed by atoms with Crippen molar-refractivity contribution in [2.24, 2.45) is 0 Å². The first kappa shape index (κ1) is 13.8. The van der Waals surface area contributed by atoms with E-state index >= 15 is 0 Å². The number of hydrogen-bond acceptors (Lipinski definition) is 5. The summed E-state index contributed by atoms with van der Waals surface area (Å²) in [4.78, 5) is 3.82. The van der Waals surface area contributed by atoms with E-state index in [0.717, 1.165) is 0 Å². The second kappa shape index (κ2) is 6.04. The monoisotopic (exact) mass is 289 g/mol. The van der Waals surface area contributed by atoms with Crippen LogP contribution in [0.25, 0.3) is 0 Å². The van der Waals surface area contributed by atoms with Gasteiger partial charge in [0.1, 0.15) is 16.7 Å². The zero-order valence-electron chi connectivity index (χ0n) is 10.4. The van der Waals surface area contributed by atoms with Crippen LogP contribution in [0.5, 0.6) is 5.75 Å². The fraction of sp³-hybridized carbons (Fsp3) is 0.0769. The van der Waals surface area contributed by atoms with Crippen molar-refractivity contribution in [3.63, 3.8) is 0 Å². The second-order valence-corrected chi connectivity index (χ2v) is 5.42. The maximum Gasteiger partial charge on any atom is 0.263 e. The van der Waals surface area contributed by atoms with Crippen LogP contribution >= 0.6 is 0 Å². The zero-order chi connectivity index (χ0) is 14.4. The van der Waals surface area contributed by atoms with Crippen molar-refractivity contribution >= 4 is 15.7 Å². The lowest BCUT2D eigenvalue weighted by molar-refractivity contribution is 0.370. The van der Waals surface area contributed by atoms with Gasteiger partial charge in [0.05, 0.1) is 5.69 Å². The van der Waals surface area contributed by atoms with Crippen molar-refractivity contribution in [2.75, 3.05) is 11.3 Å². The molecule has 0 saturated heterocycles. The smallest absolute Gasteiger partial charge is 0.263 e. The largest absolute Gasteiger partial charge is 0.477 e. The quantitative estimate of drug-likeness (QED) is 0.905. The van der Waals surface area contributed by atoms with Crippen LogP contribution in [0.3, 0.4) is 0 Å². The van der Waals surface area contributed by atoms with E-state index in [-0.39, 0.29) is 17.2 Å². The summed E-state index contributed by atoms with van der Waals surface area (Å²) in [5.41, 5.74) is 0.270. The van der Waals surface area contributed by atoms with E-state index in [1.54, 1.807) is 24.3 Å². The number of ether oxygens (including phenoxy) is 1. The molecule has 0 bridgehead atoms. The first-order valence-corrected chi connectivity index (χ1v) is 7.13. The minimum absolute atomic E-state index is 0.0510. The highest BCUT2D eigenvalue weighted by Gasteiger charge is 2.16. The highest BCUT2D eigenvalue weighted by atomic mass is 32.2. The topological polar surface area (TPSA) is 92.1 Å². The van der Waals surface area contributed by atoms with Gasteiger partial charge in [-0.25, -0.2) is 8.42 Å². The molecule has 20 heavy (non-hydrogen) atoms. The summed E-state index contributed by atoms with van der Waals surface area (Å²) in [6.07, 6.45) is 2.74. The maximum atomic E-state index is 12.2. The van der Waals surface area contributed by atoms with Crippen LogP contribution in [-0.4, -0.2) is 20.0 Å². The molecule has 0 aliphatic carbocycles. The number of sulfonamides is 1. The third-order valence-corrected chi connectivity index (χ3v) is 3.72. The Morgan fingerprint density at radius 1 is 1.25 bits per heavy atom. The number of pyridine rings is 1. The molecule has 0 amide bonds. The molecular formula is C13H11N3O3S. The fourth-order valence-electron chi connectivity index (χ4n) is 1.50. The number of nitrogens with one attached hydrogen (secondary N) is 1. The zero-order valence-corrected chi connectivity index (χ0v) is 11.2. The van der Waals surface area contributed by atoms with Gasteiger partial charge in [0.25, 0.3) is 10.0 Å². The number of para-hydroxylation sites is 2. The van der Waals surface area contributed by atoms with Crippen LogP contribution < -0.4 is 9.46 Å². The van der Waals surface area contributed by atoms with Crippen molar-refractivity contribution < 1.29 is 13.2 Å². The second-order valence-electron chi connectivity index (χ2n) is 3.74. The van der Waals surface area contributed by atoms with E-state index in [0.29, 0.717) is 5.75 Å². The van der Waals surface area contributed by atoms with E-state index in [4.69, 9.17) is 10.00 Å². The minimum Gasteiger partial charge on any atom is -0.477 e. The summed E-state index contributed by atoms with van der Waals surface area (Å²) >= 11 is 0. The Kier molecular flexibility index (Phi) is 4.17. The van der Waals surface area contributed by atoms with Gasteiger partial charge < -0.3 is 4.74 Å². The van der Waals surface area contributed by atoms with Crippen molar-refractivity contribution in [2.45, 2.75) is 4.90 Å². The third kappa shape index (κ3) is 3.24. The van der Waals surface area contributed by atoms with E-state index in [1.165, 1.54) is 24.5 Å². The van der Waals surface area contributed by atoms with Crippen molar-refractivity contribution in [1.82, 2.24) is 4.98 Å². The highest BCUT2D eigenvalue weighted by Crippen LogP contribution is 2.26. The molecule has 0 fully saturated rings. The van der Waals surface area contributed by atoms with E-state index in [2.05, 4.69) is 9.71 Å². The Balaban J connectivity index is 2.29. The van der Waals surface area contributed by atoms with Crippen LogP contribution in [-0.2, 0) is 10.0 Å². The van der Waals surface area contributed by atoms with Crippen LogP contribution in [0.15, 0.2) is 53.7 Å². The minimum atomic E-state index is -3.74. The predicted octanol–water partition coefficient (Wildman–Crippen LogP) is 1.78. The Hall–Kier alpha value is -2.59. The molecule has 1 heterocycles. The van der Waals surface area contributed by atoms with Gasteiger partial charge in [-0.05, 0) is 24.3 Å². The lowest BCUT2D eigenvalue weighted by Crippen LogP contribution is -2.14. The molecule has 2 rings (SSSR count). The molecule has 1 aromatic carbocycles. The lowest BCUT2D eigenvalue weighted by atomic mass is 10.3. The van der Waals surface area contributed by atoms with Crippen molar-refractivity contribution in [1.29, 1.82) is 5.26 Å². The normalized spacial score (nSPS) is 10.6. The number of aromatic nitrogens is 1. The summed E-state index contributed by atoms with van der Waals surface area (Å²) < 4.78 is 31.9. The predicted molar refractivity (Wildman–Crippen MR) is 72.6 cm³/mol. The third-order valence-electron chi connectivity index (χ3n) is 2.37. The van der Waals surface area contributed by atoms with E-state index < -0.39 is 10.0 Å². The molecule has 7 heteroatoms. The van der Waals surface area contributed by atoms with Gasteiger partial charge in [0.15, 0.2) is 6.61 Å². The molecule has 0 aliphatic rings. The highest BCUT2D eigenvalue weighted by molar-refractivity contribution is 7.92. The Bertz CT molecular complexity index is 724. The first-order chi connectivity index (χ1) is 9.63. The van der Waals surface area contributed by atoms with Gasteiger partial charge >= 0.3 is 0 Å². The number of benzene rings is 1. The molecule has 1 aromatic heterocycles. The molecular weight excluding hydrogens is 278 g/mol. The molecule has 2 aromatic rings. The molecule has 1 N–H and O–H groups in total. The van der Waals surface area contributed by atoms with Crippen molar-refractivity contribution in [3.8, 4) is 11.8 Å². The number of nitriles is 1. The molecule has 102 valence electrons. The van der Waals surface area contributed by atoms with Crippen LogP contribution in [0.2, 0.25) is 0 Å². The van der Waals surface area contributed by atoms with Gasteiger partial charge in [-0.3, -0.25) is 9.71 Å². The van der Waals surface area contributed by atoms with Gasteiger partial charge in [0, 0.05) is 12.4 Å². The molecule has 0 spiro atoms. The molecule has 0 radical (unpaired) electrons. The standard InChI is InChI=1S/C13H11N3O3S/c14-7-9-19-13-6-2-1-5-12(13)16-20(17,18)11-4-3-8-15-10-11/h1-6,8,10,16H,9H2. The lowest BCUT2D eigenvalue weighted by Gasteiger charge is -2.11. The first-order valence-electron chi connectivity index (χ1n) is 5.65. The summed E-state index contributed by atoms with van der Waals surface area (Å²) in [7, 11) is -3.74. The summed E-state index contributed by atoms with van der Waals surface area (Å²) in [5.74, 6) is 0.293. The summed E-state index contributed by atoms with van der Waals surface area (Å²) in [6, 6.07) is 11.3. The molecule has 0 atom stereocenters. The fourth-order valence-corrected chi connectivity index (χ4v) is 2.53. The molecule has 6 nitrogen and oxygen atoms in total. The Morgan fingerprint density at radius 2 is 2.05 bits per heavy atom. The Morgan fingerprint density at radius 3 is 2.75 bits per heavy atom. The van der Waals surface area contributed by atoms with Gasteiger partial charge in [-0.2, -0.15) is 5.26 Å². The van der Waals surface area contributed by atoms with E-state index in [9.17, 15) is 8.42 Å². The Labute approximate surface area is 116 Å². The number of anilines is 1. The van der Waals surface area contributed by atoms with Crippen LogP contribution in [0, 0.1) is 11.3 Å². The van der Waals surface area contributed by atoms with Crippen molar-refractivity contribution in [3.05, 3.63) is 48.8 Å². The number of hydrogen-bond donors (Lipinski definition) is 1. The van der Waals surface area contributed by atoms with Gasteiger partial charge in [0.2, 0.25) is 0 Å². The SMILES string of the molecule is N#CCOc1ccccc1NS(=O)(=O)c1cccnc1. The average molecular weight is 289 g/mol. The summed E-state index contributed by atoms with van der Waals surface area (Å²) in [6.45, 7) is -0.161. The van der Waals surface area contributed by atoms with Crippen LogP contribution in [0.4, 0.5) is 5.69 Å². The maximum absolute atomic E-state index is 12.2. The molecule has 0 saturated carbocycles. The number of rotatable bonds is 5. The van der Waals surface area contributed by atoms with Crippen LogP contribution in [0.1, 0.15) is 0 Å². The van der Waals surface area contributed by atoms with Gasteiger partial charge in [-0.15, -0.1) is 0 Å². The van der Waals surface area contributed by atoms with E-state index in [1.807, 2.05) is 6.07 Å². The van der Waals surface area contributed by atoms with Gasteiger partial charge in [-0.1, -0.05) is 12.1 Å². The average Bonchev–Trinajstić information content (AvgIpc) is 2.47. The molecule has 0 unspecified atom stereocenters.